The van der Waals surface area contributed by atoms with E-state index in [1.54, 1.807) is 17.5 Å². The number of rotatable bonds is 5. The van der Waals surface area contributed by atoms with Crippen LogP contribution >= 0.6 is 11.3 Å². The van der Waals surface area contributed by atoms with Crippen molar-refractivity contribution in [2.45, 2.75) is 88.8 Å². The van der Waals surface area contributed by atoms with Crippen LogP contribution in [0.5, 0.6) is 5.88 Å². The number of fused-ring (bicyclic) bond motifs is 4. The third kappa shape index (κ3) is 4.48. The molecule has 2 aliphatic heterocycles. The van der Waals surface area contributed by atoms with Crippen LogP contribution in [0.3, 0.4) is 0 Å². The summed E-state index contributed by atoms with van der Waals surface area (Å²) >= 11 is 1.55. The molecular weight excluding hydrogens is 651 g/mol. The molecule has 1 fully saturated rings. The van der Waals surface area contributed by atoms with Gasteiger partial charge in [-0.05, 0) is 90.4 Å². The standard InChI is InChI=1S/C36H41N11O2S/c1-19(21-9-6-14-40-30(21)38)46-16-17-48-35-26-33(46)41-32(42-34(26)47(43-35)20(2)24-10-7-15-45(24)3)28-22-8-4-12-36(29(22)49-44-28)13-5-11-25-27(36)23(18-37)31(39)50-25/h6,9,14,19-20,24H,4-5,7-8,10-13,15-17,39H2,1-3H3,(H2,38,40)/t19?,20-,24-,36-/m0/s1. The molecule has 258 valence electrons. The number of pyridine rings is 1. The summed E-state index contributed by atoms with van der Waals surface area (Å²) in [7, 11) is 2.18. The third-order valence-corrected chi connectivity index (χ3v) is 12.8. The molecule has 9 rings (SSSR count). The third-order valence-electron chi connectivity index (χ3n) is 11.7. The van der Waals surface area contributed by atoms with Gasteiger partial charge in [0.05, 0.1) is 29.6 Å². The molecule has 5 aromatic heterocycles. The maximum atomic E-state index is 10.2. The van der Waals surface area contributed by atoms with E-state index in [1.165, 1.54) is 4.88 Å². The quantitative estimate of drug-likeness (QED) is 0.236. The summed E-state index contributed by atoms with van der Waals surface area (Å²) in [5, 5.41) is 21.4. The van der Waals surface area contributed by atoms with E-state index in [4.69, 9.17) is 41.0 Å². The lowest BCUT2D eigenvalue weighted by Crippen LogP contribution is -2.35. The first-order valence-electron chi connectivity index (χ1n) is 17.7. The number of hydrogen-bond acceptors (Lipinski definition) is 13. The zero-order valence-electron chi connectivity index (χ0n) is 28.6. The predicted molar refractivity (Wildman–Crippen MR) is 191 cm³/mol. The Hall–Kier alpha value is -4.74. The van der Waals surface area contributed by atoms with Crippen LogP contribution in [0, 0.1) is 11.3 Å². The minimum Gasteiger partial charge on any atom is -0.474 e. The Kier molecular flexibility index (Phi) is 7.29. The zero-order chi connectivity index (χ0) is 34.3. The van der Waals surface area contributed by atoms with Crippen molar-refractivity contribution in [1.29, 1.82) is 5.26 Å². The first-order chi connectivity index (χ1) is 24.3. The lowest BCUT2D eigenvalue weighted by atomic mass is 9.63. The Morgan fingerprint density at radius 1 is 1.12 bits per heavy atom. The van der Waals surface area contributed by atoms with Gasteiger partial charge in [-0.1, -0.05) is 11.2 Å². The molecule has 0 radical (unpaired) electrons. The summed E-state index contributed by atoms with van der Waals surface area (Å²) in [5.41, 5.74) is 17.3. The number of likely N-dealkylation sites (N-methyl/N-ethyl adjacent to an activating group) is 1. The predicted octanol–water partition coefficient (Wildman–Crippen LogP) is 5.55. The van der Waals surface area contributed by atoms with Gasteiger partial charge in [0, 0.05) is 28.2 Å². The SMILES string of the molecule is CC(c1cccnc1N)N1CCOc2nn([C@@H](C)[C@@H]3CCCN3C)c3nc(-c4noc5c4CCC[C@@]54CCCc5sc(N)c(C#N)c54)nc1c23. The molecule has 5 aromatic rings. The van der Waals surface area contributed by atoms with E-state index in [1.807, 2.05) is 16.8 Å². The minimum atomic E-state index is -0.440. The van der Waals surface area contributed by atoms with Crippen LogP contribution in [0.2, 0.25) is 0 Å². The second kappa shape index (κ2) is 11.7. The largest absolute Gasteiger partial charge is 0.474 e. The van der Waals surface area contributed by atoms with Crippen molar-refractivity contribution in [2.75, 3.05) is 43.1 Å². The van der Waals surface area contributed by atoms with Gasteiger partial charge >= 0.3 is 0 Å². The van der Waals surface area contributed by atoms with E-state index in [9.17, 15) is 5.26 Å². The Morgan fingerprint density at radius 2 is 1.96 bits per heavy atom. The highest BCUT2D eigenvalue weighted by atomic mass is 32.1. The van der Waals surface area contributed by atoms with Gasteiger partial charge in [-0.15, -0.1) is 16.4 Å². The van der Waals surface area contributed by atoms with Crippen LogP contribution in [-0.4, -0.2) is 67.6 Å². The summed E-state index contributed by atoms with van der Waals surface area (Å²) in [5.74, 6) is 3.08. The molecular formula is C36H41N11O2S. The van der Waals surface area contributed by atoms with Gasteiger partial charge in [0.2, 0.25) is 5.88 Å². The fourth-order valence-electron chi connectivity index (χ4n) is 9.29. The maximum Gasteiger partial charge on any atom is 0.246 e. The van der Waals surface area contributed by atoms with Crippen molar-refractivity contribution in [2.24, 2.45) is 0 Å². The van der Waals surface area contributed by atoms with Crippen LogP contribution in [-0.2, 0) is 18.3 Å². The molecule has 0 aromatic carbocycles. The molecule has 1 spiro atoms. The number of anilines is 3. The van der Waals surface area contributed by atoms with Crippen molar-refractivity contribution in [3.63, 3.8) is 0 Å². The molecule has 13 nitrogen and oxygen atoms in total. The van der Waals surface area contributed by atoms with Gasteiger partial charge in [-0.25, -0.2) is 19.6 Å². The molecule has 4 aliphatic rings. The van der Waals surface area contributed by atoms with Crippen LogP contribution in [0.1, 0.15) is 97.3 Å². The fraction of sp³-hybridized carbons (Fsp3) is 0.500. The summed E-state index contributed by atoms with van der Waals surface area (Å²) in [6, 6.07) is 6.55. The maximum absolute atomic E-state index is 10.2. The van der Waals surface area contributed by atoms with Crippen molar-refractivity contribution in [3.05, 3.63) is 51.2 Å². The number of aryl methyl sites for hydroxylation is 1. The number of ether oxygens (including phenoxy) is 1. The number of thiophene rings is 1. The summed E-state index contributed by atoms with van der Waals surface area (Å²) in [6.07, 6.45) is 9.35. The van der Waals surface area contributed by atoms with Gasteiger partial charge < -0.3 is 30.5 Å². The van der Waals surface area contributed by atoms with E-state index in [0.717, 1.165) is 91.6 Å². The van der Waals surface area contributed by atoms with Crippen LogP contribution in [0.25, 0.3) is 22.6 Å². The van der Waals surface area contributed by atoms with E-state index in [2.05, 4.69) is 41.7 Å². The molecule has 0 bridgehead atoms. The second-order valence-corrected chi connectivity index (χ2v) is 15.5. The Balaban J connectivity index is 1.25. The van der Waals surface area contributed by atoms with Crippen molar-refractivity contribution >= 4 is 39.0 Å². The molecule has 14 heteroatoms. The molecule has 4 N–H and O–H groups in total. The number of hydrogen-bond donors (Lipinski definition) is 2. The highest BCUT2D eigenvalue weighted by molar-refractivity contribution is 7.16. The number of nitrogens with two attached hydrogens (primary N) is 2. The number of aromatic nitrogens is 6. The second-order valence-electron chi connectivity index (χ2n) is 14.3. The molecule has 0 amide bonds. The van der Waals surface area contributed by atoms with E-state index < -0.39 is 5.41 Å². The van der Waals surface area contributed by atoms with Gasteiger partial charge in [0.25, 0.3) is 0 Å². The average molecular weight is 692 g/mol. The van der Waals surface area contributed by atoms with Gasteiger partial charge in [-0.2, -0.15) is 5.26 Å². The highest BCUT2D eigenvalue weighted by Crippen LogP contribution is 2.55. The molecule has 7 heterocycles. The van der Waals surface area contributed by atoms with E-state index >= 15 is 0 Å². The minimum absolute atomic E-state index is 0.0424. The smallest absolute Gasteiger partial charge is 0.246 e. The van der Waals surface area contributed by atoms with E-state index in [0.29, 0.717) is 58.6 Å². The first kappa shape index (κ1) is 31.3. The van der Waals surface area contributed by atoms with Crippen molar-refractivity contribution in [1.82, 2.24) is 34.8 Å². The van der Waals surface area contributed by atoms with Gasteiger partial charge in [0.15, 0.2) is 22.9 Å². The molecule has 1 saturated heterocycles. The normalized spacial score (nSPS) is 22.9. The topological polar surface area (TPSA) is 174 Å². The summed E-state index contributed by atoms with van der Waals surface area (Å²) in [6.45, 7) is 6.38. The lowest BCUT2D eigenvalue weighted by Gasteiger charge is -2.39. The van der Waals surface area contributed by atoms with Crippen molar-refractivity contribution < 1.29 is 9.26 Å². The number of likely N-dealkylation sites (tertiary alicyclic amines) is 1. The molecule has 1 unspecified atom stereocenters. The monoisotopic (exact) mass is 691 g/mol. The fourth-order valence-corrected chi connectivity index (χ4v) is 10.4. The summed E-state index contributed by atoms with van der Waals surface area (Å²) in [4.78, 5) is 20.8. The first-order valence-corrected chi connectivity index (χ1v) is 18.5. The average Bonchev–Trinajstić information content (AvgIpc) is 3.88. The summed E-state index contributed by atoms with van der Waals surface area (Å²) < 4.78 is 14.8. The molecule has 50 heavy (non-hydrogen) atoms. The van der Waals surface area contributed by atoms with Crippen LogP contribution in [0.15, 0.2) is 22.9 Å². The molecule has 2 aliphatic carbocycles. The Bertz CT molecular complexity index is 2180. The zero-order valence-corrected chi connectivity index (χ0v) is 29.5. The van der Waals surface area contributed by atoms with E-state index in [-0.39, 0.29) is 12.1 Å². The van der Waals surface area contributed by atoms with Crippen molar-refractivity contribution in [3.8, 4) is 23.5 Å². The molecule has 0 saturated carbocycles. The van der Waals surface area contributed by atoms with Gasteiger partial charge in [-0.3, -0.25) is 0 Å². The van der Waals surface area contributed by atoms with Crippen LogP contribution < -0.4 is 21.1 Å². The number of nitriles is 1. The molecule has 4 atom stereocenters. The number of nitrogen functional groups attached to an aromatic ring is 2. The Morgan fingerprint density at radius 3 is 2.74 bits per heavy atom. The van der Waals surface area contributed by atoms with Gasteiger partial charge in [0.1, 0.15) is 34.7 Å². The lowest BCUT2D eigenvalue weighted by molar-refractivity contribution is 0.227. The highest BCUT2D eigenvalue weighted by Gasteiger charge is 2.49. The Labute approximate surface area is 294 Å². The number of nitrogens with zero attached hydrogens (tertiary/aromatic N) is 9. The van der Waals surface area contributed by atoms with Crippen LogP contribution in [0.4, 0.5) is 16.6 Å².